The van der Waals surface area contributed by atoms with Crippen molar-refractivity contribution in [1.29, 1.82) is 0 Å². The second-order valence-corrected chi connectivity index (χ2v) is 8.48. The average molecular weight is 355 g/mol. The lowest BCUT2D eigenvalue weighted by Gasteiger charge is -2.31. The lowest BCUT2D eigenvalue weighted by Crippen LogP contribution is -2.48. The fraction of sp³-hybridized carbons (Fsp3) is 0.667. The van der Waals surface area contributed by atoms with Crippen LogP contribution in [0.2, 0.25) is 6.04 Å². The van der Waals surface area contributed by atoms with Crippen LogP contribution in [0.15, 0.2) is 30.3 Å². The van der Waals surface area contributed by atoms with Crippen LogP contribution in [0.3, 0.4) is 0 Å². The van der Waals surface area contributed by atoms with Gasteiger partial charge in [0.25, 0.3) is 0 Å². The van der Waals surface area contributed by atoms with E-state index in [2.05, 4.69) is 24.4 Å². The molecular formula is C18H34N2O3Si. The number of hydrogen-bond acceptors (Lipinski definition) is 5. The first kappa shape index (κ1) is 21.1. The van der Waals surface area contributed by atoms with Gasteiger partial charge in [-0.05, 0) is 58.7 Å². The molecule has 3 N–H and O–H groups in total. The van der Waals surface area contributed by atoms with Crippen molar-refractivity contribution < 1.29 is 13.3 Å². The highest BCUT2D eigenvalue weighted by Crippen LogP contribution is 2.21. The number of rotatable bonds is 14. The van der Waals surface area contributed by atoms with E-state index in [4.69, 9.17) is 19.0 Å². The van der Waals surface area contributed by atoms with Gasteiger partial charge in [0.2, 0.25) is 0 Å². The molecule has 0 spiro atoms. The Morgan fingerprint density at radius 2 is 1.75 bits per heavy atom. The van der Waals surface area contributed by atoms with Crippen LogP contribution in [0, 0.1) is 0 Å². The Bertz CT molecular complexity index is 414. The number of nitrogens with one attached hydrogen (secondary N) is 1. The molecular weight excluding hydrogens is 320 g/mol. The molecule has 0 aromatic heterocycles. The standard InChI is InChI=1S/C18H34N2O3Si/c1-4-21-24(22-5-2,16-10-14-19)23-17(3)11-9-15-20-18-12-7-6-8-13-18/h6-8,12-13,17,20H,4-5,9-11,14-16,19H2,1-3H3. The Balaban J connectivity index is 2.40. The van der Waals surface area contributed by atoms with Crippen LogP contribution in [0.1, 0.15) is 40.0 Å². The van der Waals surface area contributed by atoms with Gasteiger partial charge in [0, 0.05) is 37.6 Å². The van der Waals surface area contributed by atoms with E-state index >= 15 is 0 Å². The predicted octanol–water partition coefficient (Wildman–Crippen LogP) is 3.64. The highest BCUT2D eigenvalue weighted by Gasteiger charge is 2.41. The summed E-state index contributed by atoms with van der Waals surface area (Å²) in [5.41, 5.74) is 6.81. The summed E-state index contributed by atoms with van der Waals surface area (Å²) in [7, 11) is -2.60. The molecule has 138 valence electrons. The van der Waals surface area contributed by atoms with Gasteiger partial charge in [-0.15, -0.1) is 0 Å². The molecule has 1 rings (SSSR count). The van der Waals surface area contributed by atoms with Gasteiger partial charge < -0.3 is 24.3 Å². The fourth-order valence-electron chi connectivity index (χ4n) is 2.62. The predicted molar refractivity (Wildman–Crippen MR) is 102 cm³/mol. The van der Waals surface area contributed by atoms with E-state index in [9.17, 15) is 0 Å². The van der Waals surface area contributed by atoms with Gasteiger partial charge in [0.15, 0.2) is 0 Å². The zero-order valence-corrected chi connectivity index (χ0v) is 16.4. The van der Waals surface area contributed by atoms with Crippen molar-refractivity contribution in [3.05, 3.63) is 30.3 Å². The molecule has 0 aliphatic heterocycles. The van der Waals surface area contributed by atoms with E-state index in [1.807, 2.05) is 32.0 Å². The van der Waals surface area contributed by atoms with Crippen molar-refractivity contribution in [3.8, 4) is 0 Å². The molecule has 0 heterocycles. The Labute approximate surface area is 148 Å². The number of para-hydroxylation sites is 1. The Morgan fingerprint density at radius 1 is 1.08 bits per heavy atom. The van der Waals surface area contributed by atoms with Crippen LogP contribution < -0.4 is 11.1 Å². The van der Waals surface area contributed by atoms with Crippen LogP contribution in [0.4, 0.5) is 5.69 Å². The van der Waals surface area contributed by atoms with Crippen molar-refractivity contribution >= 4 is 14.5 Å². The molecule has 0 aliphatic rings. The summed E-state index contributed by atoms with van der Waals surface area (Å²) in [5, 5.41) is 3.42. The summed E-state index contributed by atoms with van der Waals surface area (Å²) in [4.78, 5) is 0. The minimum atomic E-state index is -2.60. The van der Waals surface area contributed by atoms with E-state index < -0.39 is 8.80 Å². The summed E-state index contributed by atoms with van der Waals surface area (Å²) >= 11 is 0. The van der Waals surface area contributed by atoms with Crippen molar-refractivity contribution in [2.24, 2.45) is 5.73 Å². The molecule has 0 saturated carbocycles. The molecule has 6 heteroatoms. The molecule has 0 bridgehead atoms. The zero-order chi connectivity index (χ0) is 17.7. The molecule has 0 aliphatic carbocycles. The molecule has 1 unspecified atom stereocenters. The third-order valence-electron chi connectivity index (χ3n) is 3.69. The maximum Gasteiger partial charge on any atom is 0.501 e. The van der Waals surface area contributed by atoms with Crippen molar-refractivity contribution in [3.63, 3.8) is 0 Å². The van der Waals surface area contributed by atoms with Crippen LogP contribution in [0.5, 0.6) is 0 Å². The van der Waals surface area contributed by atoms with Crippen molar-refractivity contribution in [2.75, 3.05) is 31.6 Å². The molecule has 0 radical (unpaired) electrons. The molecule has 24 heavy (non-hydrogen) atoms. The first-order chi connectivity index (χ1) is 11.7. The number of benzene rings is 1. The van der Waals surface area contributed by atoms with Crippen LogP contribution >= 0.6 is 0 Å². The molecule has 0 saturated heterocycles. The lowest BCUT2D eigenvalue weighted by molar-refractivity contribution is 0.0350. The minimum Gasteiger partial charge on any atom is -0.385 e. The topological polar surface area (TPSA) is 65.7 Å². The summed E-state index contributed by atoms with van der Waals surface area (Å²) < 4.78 is 18.2. The Hall–Kier alpha value is -0.923. The molecule has 1 aromatic carbocycles. The van der Waals surface area contributed by atoms with Crippen molar-refractivity contribution in [1.82, 2.24) is 0 Å². The molecule has 5 nitrogen and oxygen atoms in total. The van der Waals surface area contributed by atoms with Gasteiger partial charge >= 0.3 is 8.80 Å². The Kier molecular flexibility index (Phi) is 10.9. The molecule has 1 atom stereocenters. The van der Waals surface area contributed by atoms with Gasteiger partial charge in [-0.3, -0.25) is 0 Å². The lowest BCUT2D eigenvalue weighted by atomic mass is 10.2. The molecule has 0 amide bonds. The SMILES string of the molecule is CCO[Si](CCCN)(OCC)OC(C)CCCNc1ccccc1. The van der Waals surface area contributed by atoms with Crippen LogP contribution in [-0.2, 0) is 13.3 Å². The quantitative estimate of drug-likeness (QED) is 0.394. The van der Waals surface area contributed by atoms with E-state index in [-0.39, 0.29) is 6.10 Å². The highest BCUT2D eigenvalue weighted by molar-refractivity contribution is 6.60. The molecule has 0 fully saturated rings. The largest absolute Gasteiger partial charge is 0.501 e. The third kappa shape index (κ3) is 8.26. The van der Waals surface area contributed by atoms with Gasteiger partial charge in [0.05, 0.1) is 0 Å². The average Bonchev–Trinajstić information content (AvgIpc) is 2.58. The van der Waals surface area contributed by atoms with E-state index in [1.165, 1.54) is 0 Å². The van der Waals surface area contributed by atoms with Crippen LogP contribution in [-0.4, -0.2) is 41.2 Å². The summed E-state index contributed by atoms with van der Waals surface area (Å²) in [6.45, 7) is 8.86. The maximum absolute atomic E-state index is 6.28. The van der Waals surface area contributed by atoms with Crippen LogP contribution in [0.25, 0.3) is 0 Å². The minimum absolute atomic E-state index is 0.116. The maximum atomic E-state index is 6.28. The summed E-state index contributed by atoms with van der Waals surface area (Å²) in [6, 6.07) is 11.0. The summed E-state index contributed by atoms with van der Waals surface area (Å²) in [6.07, 6.45) is 2.99. The second kappa shape index (κ2) is 12.4. The monoisotopic (exact) mass is 354 g/mol. The van der Waals surface area contributed by atoms with Gasteiger partial charge in [-0.25, -0.2) is 0 Å². The molecule has 1 aromatic rings. The number of nitrogens with two attached hydrogens (primary N) is 1. The van der Waals surface area contributed by atoms with E-state index in [0.717, 1.165) is 37.5 Å². The zero-order valence-electron chi connectivity index (χ0n) is 15.4. The van der Waals surface area contributed by atoms with Gasteiger partial charge in [0.1, 0.15) is 0 Å². The third-order valence-corrected chi connectivity index (χ3v) is 6.87. The smallest absolute Gasteiger partial charge is 0.385 e. The number of hydrogen-bond donors (Lipinski definition) is 2. The van der Waals surface area contributed by atoms with E-state index in [1.54, 1.807) is 0 Å². The Morgan fingerprint density at radius 3 is 2.33 bits per heavy atom. The van der Waals surface area contributed by atoms with Gasteiger partial charge in [-0.1, -0.05) is 18.2 Å². The first-order valence-electron chi connectivity index (χ1n) is 9.10. The summed E-state index contributed by atoms with van der Waals surface area (Å²) in [5.74, 6) is 0. The normalized spacial score (nSPS) is 13.0. The van der Waals surface area contributed by atoms with E-state index in [0.29, 0.717) is 19.8 Å². The highest BCUT2D eigenvalue weighted by atomic mass is 28.4. The first-order valence-corrected chi connectivity index (χ1v) is 11.0. The van der Waals surface area contributed by atoms with Crippen molar-refractivity contribution in [2.45, 2.75) is 52.2 Å². The fourth-order valence-corrected chi connectivity index (χ4v) is 5.49. The number of anilines is 1. The van der Waals surface area contributed by atoms with Gasteiger partial charge in [-0.2, -0.15) is 0 Å². The second-order valence-electron chi connectivity index (χ2n) is 5.80.